The molecule has 0 atom stereocenters. The minimum Gasteiger partial charge on any atom is -0.490 e. The molecule has 3 N–H and O–H groups in total. The molecule has 1 aromatic heterocycles. The van der Waals surface area contributed by atoms with Gasteiger partial charge < -0.3 is 20.1 Å². The summed E-state index contributed by atoms with van der Waals surface area (Å²) in [5.41, 5.74) is 1.38. The smallest absolute Gasteiger partial charge is 0.267 e. The van der Waals surface area contributed by atoms with E-state index < -0.39 is 10.0 Å². The fraction of sp³-hybridized carbons (Fsp3) is 0.286. The third-order valence-corrected chi connectivity index (χ3v) is 5.91. The standard InChI is InChI=1S/C21H26N4O5S2/c1-22-21(31)25-32(27,28)19-15-16(6-8-18(19)30-14-13-29-2)10-12-24-20(26)9-7-17-5-3-4-11-23-17/h3-9,11,15H,10,12-14H2,1-2H3,(H,24,26)(H2,22,25,31). The van der Waals surface area contributed by atoms with Crippen molar-refractivity contribution in [1.29, 1.82) is 0 Å². The van der Waals surface area contributed by atoms with E-state index in [1.165, 1.54) is 26.3 Å². The fourth-order valence-electron chi connectivity index (χ4n) is 2.52. The van der Waals surface area contributed by atoms with Crippen molar-refractivity contribution in [3.8, 4) is 5.75 Å². The van der Waals surface area contributed by atoms with Gasteiger partial charge in [0.2, 0.25) is 5.91 Å². The molecule has 0 saturated heterocycles. The van der Waals surface area contributed by atoms with E-state index in [0.717, 1.165) is 0 Å². The van der Waals surface area contributed by atoms with Crippen molar-refractivity contribution in [3.63, 3.8) is 0 Å². The normalized spacial score (nSPS) is 11.2. The van der Waals surface area contributed by atoms with Gasteiger partial charge >= 0.3 is 0 Å². The van der Waals surface area contributed by atoms with Crippen LogP contribution in [0.3, 0.4) is 0 Å². The maximum atomic E-state index is 12.8. The van der Waals surface area contributed by atoms with E-state index >= 15 is 0 Å². The van der Waals surface area contributed by atoms with Crippen LogP contribution >= 0.6 is 12.2 Å². The van der Waals surface area contributed by atoms with Crippen LogP contribution in [0.15, 0.2) is 53.6 Å². The number of rotatable bonds is 11. The maximum Gasteiger partial charge on any atom is 0.267 e. The van der Waals surface area contributed by atoms with Gasteiger partial charge in [0, 0.05) is 33.0 Å². The summed E-state index contributed by atoms with van der Waals surface area (Å²) in [4.78, 5) is 16.1. The Bertz CT molecular complexity index is 1040. The van der Waals surface area contributed by atoms with E-state index in [1.807, 2.05) is 6.07 Å². The summed E-state index contributed by atoms with van der Waals surface area (Å²) in [5.74, 6) is -0.0939. The van der Waals surface area contributed by atoms with Crippen molar-refractivity contribution in [2.75, 3.05) is 33.9 Å². The van der Waals surface area contributed by atoms with Crippen molar-refractivity contribution < 1.29 is 22.7 Å². The first-order chi connectivity index (χ1) is 15.4. The Hall–Kier alpha value is -3.02. The summed E-state index contributed by atoms with van der Waals surface area (Å²) in [6, 6.07) is 10.2. The van der Waals surface area contributed by atoms with Gasteiger partial charge in [0.25, 0.3) is 10.0 Å². The molecule has 1 amide bonds. The number of methoxy groups -OCH3 is 1. The van der Waals surface area contributed by atoms with Gasteiger partial charge in [-0.2, -0.15) is 0 Å². The molecule has 0 radical (unpaired) electrons. The molecule has 1 heterocycles. The van der Waals surface area contributed by atoms with E-state index in [-0.39, 0.29) is 28.3 Å². The minimum absolute atomic E-state index is 0.0369. The molecule has 11 heteroatoms. The highest BCUT2D eigenvalue weighted by atomic mass is 32.2. The number of sulfonamides is 1. The quantitative estimate of drug-likeness (QED) is 0.251. The lowest BCUT2D eigenvalue weighted by Gasteiger charge is -2.15. The summed E-state index contributed by atoms with van der Waals surface area (Å²) >= 11 is 4.92. The van der Waals surface area contributed by atoms with Crippen LogP contribution in [-0.4, -0.2) is 58.3 Å². The molecule has 32 heavy (non-hydrogen) atoms. The maximum absolute atomic E-state index is 12.8. The number of nitrogens with one attached hydrogen (secondary N) is 3. The van der Waals surface area contributed by atoms with Gasteiger partial charge in [0.05, 0.1) is 12.3 Å². The molecule has 2 aromatic rings. The van der Waals surface area contributed by atoms with Crippen molar-refractivity contribution in [1.82, 2.24) is 20.3 Å². The monoisotopic (exact) mass is 478 g/mol. The number of nitrogens with zero attached hydrogens (tertiary/aromatic N) is 1. The average Bonchev–Trinajstić information content (AvgIpc) is 2.79. The summed E-state index contributed by atoms with van der Waals surface area (Å²) in [6.45, 7) is 0.812. The highest BCUT2D eigenvalue weighted by molar-refractivity contribution is 7.92. The molecule has 1 aromatic carbocycles. The summed E-state index contributed by atoms with van der Waals surface area (Å²) in [7, 11) is -0.927. The molecule has 9 nitrogen and oxygen atoms in total. The van der Waals surface area contributed by atoms with Crippen molar-refractivity contribution in [2.24, 2.45) is 0 Å². The highest BCUT2D eigenvalue weighted by Crippen LogP contribution is 2.25. The molecular weight excluding hydrogens is 452 g/mol. The summed E-state index contributed by atoms with van der Waals surface area (Å²) in [6.07, 6.45) is 5.07. The van der Waals surface area contributed by atoms with Crippen molar-refractivity contribution in [2.45, 2.75) is 11.3 Å². The van der Waals surface area contributed by atoms with Crippen LogP contribution in [0.5, 0.6) is 5.75 Å². The van der Waals surface area contributed by atoms with Gasteiger partial charge in [-0.25, -0.2) is 8.42 Å². The minimum atomic E-state index is -3.97. The number of pyridine rings is 1. The molecule has 0 unspecified atom stereocenters. The Morgan fingerprint density at radius 2 is 2.03 bits per heavy atom. The SMILES string of the molecule is CNC(=S)NS(=O)(=O)c1cc(CCNC(=O)C=Cc2ccccn2)ccc1OCCOC. The average molecular weight is 479 g/mol. The lowest BCUT2D eigenvalue weighted by atomic mass is 10.1. The Labute approximate surface area is 193 Å². The Kier molecular flexibility index (Phi) is 10.1. The second-order valence-electron chi connectivity index (χ2n) is 6.44. The van der Waals surface area contributed by atoms with Crippen molar-refractivity contribution in [3.05, 3.63) is 59.9 Å². The van der Waals surface area contributed by atoms with Crippen LogP contribution in [0.2, 0.25) is 0 Å². The molecule has 2 rings (SSSR count). The number of benzene rings is 1. The molecule has 0 saturated carbocycles. The number of hydrogen-bond donors (Lipinski definition) is 3. The second-order valence-corrected chi connectivity index (χ2v) is 8.50. The zero-order valence-electron chi connectivity index (χ0n) is 17.8. The third-order valence-electron chi connectivity index (χ3n) is 4.10. The fourth-order valence-corrected chi connectivity index (χ4v) is 4.01. The molecule has 0 fully saturated rings. The zero-order chi connectivity index (χ0) is 23.4. The second kappa shape index (κ2) is 12.7. The van der Waals surface area contributed by atoms with E-state index in [4.69, 9.17) is 21.7 Å². The number of hydrogen-bond acceptors (Lipinski definition) is 7. The summed E-state index contributed by atoms with van der Waals surface area (Å²) < 4.78 is 38.3. The van der Waals surface area contributed by atoms with Crippen LogP contribution in [0.25, 0.3) is 6.08 Å². The van der Waals surface area contributed by atoms with Crippen LogP contribution in [0.4, 0.5) is 0 Å². The van der Waals surface area contributed by atoms with Gasteiger partial charge in [-0.3, -0.25) is 14.5 Å². The van der Waals surface area contributed by atoms with Gasteiger partial charge in [-0.15, -0.1) is 0 Å². The topological polar surface area (TPSA) is 119 Å². The lowest BCUT2D eigenvalue weighted by Crippen LogP contribution is -2.37. The van der Waals surface area contributed by atoms with Gasteiger partial charge in [0.1, 0.15) is 17.3 Å². The van der Waals surface area contributed by atoms with Crippen molar-refractivity contribution >= 4 is 39.3 Å². The summed E-state index contributed by atoms with van der Waals surface area (Å²) in [5, 5.41) is 5.29. The zero-order valence-corrected chi connectivity index (χ0v) is 19.5. The van der Waals surface area contributed by atoms with Gasteiger partial charge in [0.15, 0.2) is 5.11 Å². The van der Waals surface area contributed by atoms with E-state index in [9.17, 15) is 13.2 Å². The first-order valence-corrected chi connectivity index (χ1v) is 11.6. The van der Waals surface area contributed by atoms with E-state index in [0.29, 0.717) is 30.8 Å². The molecular formula is C21H26N4O5S2. The predicted molar refractivity (Wildman–Crippen MR) is 126 cm³/mol. The van der Waals surface area contributed by atoms with Crippen LogP contribution in [0, 0.1) is 0 Å². The van der Waals surface area contributed by atoms with E-state index in [1.54, 1.807) is 36.5 Å². The number of amides is 1. The largest absolute Gasteiger partial charge is 0.490 e. The number of carbonyl (C=O) groups excluding carboxylic acids is 1. The van der Waals surface area contributed by atoms with Crippen LogP contribution in [-0.2, 0) is 26.0 Å². The number of thiocarbonyl (C=S) groups is 1. The first-order valence-electron chi connectivity index (χ1n) is 9.72. The molecule has 0 aliphatic carbocycles. The van der Waals surface area contributed by atoms with Gasteiger partial charge in [-0.05, 0) is 54.5 Å². The molecule has 0 bridgehead atoms. The van der Waals surface area contributed by atoms with Gasteiger partial charge in [-0.1, -0.05) is 12.1 Å². The van der Waals surface area contributed by atoms with Crippen LogP contribution < -0.4 is 20.1 Å². The Balaban J connectivity index is 2.07. The Morgan fingerprint density at radius 1 is 1.22 bits per heavy atom. The lowest BCUT2D eigenvalue weighted by molar-refractivity contribution is -0.116. The first kappa shape index (κ1) is 25.2. The predicted octanol–water partition coefficient (Wildman–Crippen LogP) is 1.26. The van der Waals surface area contributed by atoms with E-state index in [2.05, 4.69) is 20.3 Å². The molecule has 0 aliphatic heterocycles. The third kappa shape index (κ3) is 8.25. The molecule has 0 aliphatic rings. The Morgan fingerprint density at radius 3 is 2.72 bits per heavy atom. The molecule has 0 spiro atoms. The number of ether oxygens (including phenoxy) is 2. The highest BCUT2D eigenvalue weighted by Gasteiger charge is 2.21. The number of aromatic nitrogens is 1. The van der Waals surface area contributed by atoms with Crippen LogP contribution in [0.1, 0.15) is 11.3 Å². The number of carbonyl (C=O) groups is 1. The molecule has 172 valence electrons.